The molecule has 28 heavy (non-hydrogen) atoms. The van der Waals surface area contributed by atoms with Crippen LogP contribution in [-0.2, 0) is 6.18 Å². The van der Waals surface area contributed by atoms with Gasteiger partial charge in [-0.1, -0.05) is 0 Å². The summed E-state index contributed by atoms with van der Waals surface area (Å²) in [5.41, 5.74) is -0.534. The first-order chi connectivity index (χ1) is 13.3. The van der Waals surface area contributed by atoms with Crippen LogP contribution in [0.4, 0.5) is 18.9 Å². The number of methoxy groups -OCH3 is 1. The molecule has 144 valence electrons. The number of pyridine rings is 2. The van der Waals surface area contributed by atoms with Gasteiger partial charge in [0.15, 0.2) is 0 Å². The highest BCUT2D eigenvalue weighted by atomic mass is 19.4. The lowest BCUT2D eigenvalue weighted by molar-refractivity contribution is -0.385. The Labute approximate surface area is 156 Å². The number of nitrogens with zero attached hydrogens (tertiary/aromatic N) is 3. The molecule has 0 aliphatic heterocycles. The standard InChI is InChI=1S/C18H12F3N3O4/c1-27-16-6-7-22-10-15(16)14-8-12(24(25)26)9-23-17(14)28-13-4-2-11(3-5-13)18(19,20)21/h2-10H,1H3. The zero-order valence-electron chi connectivity index (χ0n) is 14.3. The Morgan fingerprint density at radius 2 is 1.79 bits per heavy atom. The van der Waals surface area contributed by atoms with Crippen molar-refractivity contribution in [3.63, 3.8) is 0 Å². The van der Waals surface area contributed by atoms with Gasteiger partial charge in [-0.2, -0.15) is 13.2 Å². The van der Waals surface area contributed by atoms with Gasteiger partial charge >= 0.3 is 6.18 Å². The number of rotatable bonds is 5. The molecule has 0 radical (unpaired) electrons. The van der Waals surface area contributed by atoms with Gasteiger partial charge in [0, 0.05) is 24.0 Å². The Morgan fingerprint density at radius 1 is 1.07 bits per heavy atom. The van der Waals surface area contributed by atoms with Gasteiger partial charge in [0.25, 0.3) is 5.69 Å². The summed E-state index contributed by atoms with van der Waals surface area (Å²) >= 11 is 0. The zero-order chi connectivity index (χ0) is 20.3. The van der Waals surface area contributed by atoms with Crippen molar-refractivity contribution in [2.24, 2.45) is 0 Å². The van der Waals surface area contributed by atoms with Crippen molar-refractivity contribution in [3.8, 4) is 28.5 Å². The second-order valence-electron chi connectivity index (χ2n) is 5.50. The van der Waals surface area contributed by atoms with Crippen LogP contribution in [0.3, 0.4) is 0 Å². The van der Waals surface area contributed by atoms with Crippen LogP contribution in [0, 0.1) is 10.1 Å². The topological polar surface area (TPSA) is 87.4 Å². The molecule has 0 aliphatic rings. The van der Waals surface area contributed by atoms with E-state index in [1.165, 1.54) is 25.6 Å². The number of hydrogen-bond donors (Lipinski definition) is 0. The molecule has 7 nitrogen and oxygen atoms in total. The first-order valence-corrected chi connectivity index (χ1v) is 7.77. The predicted octanol–water partition coefficient (Wildman–Crippen LogP) is 4.87. The average Bonchev–Trinajstić information content (AvgIpc) is 2.68. The molecule has 0 aliphatic carbocycles. The van der Waals surface area contributed by atoms with Crippen molar-refractivity contribution >= 4 is 5.69 Å². The summed E-state index contributed by atoms with van der Waals surface area (Å²) in [7, 11) is 1.42. The number of benzene rings is 1. The summed E-state index contributed by atoms with van der Waals surface area (Å²) in [4.78, 5) is 18.4. The van der Waals surface area contributed by atoms with Crippen molar-refractivity contribution < 1.29 is 27.6 Å². The van der Waals surface area contributed by atoms with Crippen molar-refractivity contribution in [2.75, 3.05) is 7.11 Å². The highest BCUT2D eigenvalue weighted by Crippen LogP contribution is 2.38. The van der Waals surface area contributed by atoms with Crippen molar-refractivity contribution in [3.05, 3.63) is 70.7 Å². The van der Waals surface area contributed by atoms with Gasteiger partial charge in [-0.15, -0.1) is 0 Å². The fourth-order valence-corrected chi connectivity index (χ4v) is 2.40. The third-order valence-electron chi connectivity index (χ3n) is 3.73. The summed E-state index contributed by atoms with van der Waals surface area (Å²) in [6.45, 7) is 0. The second-order valence-corrected chi connectivity index (χ2v) is 5.50. The van der Waals surface area contributed by atoms with E-state index in [1.807, 2.05) is 0 Å². The lowest BCUT2D eigenvalue weighted by atomic mass is 10.1. The van der Waals surface area contributed by atoms with Crippen LogP contribution >= 0.6 is 0 Å². The van der Waals surface area contributed by atoms with Crippen LogP contribution in [0.1, 0.15) is 5.56 Å². The maximum absolute atomic E-state index is 12.7. The second kappa shape index (κ2) is 7.51. The van der Waals surface area contributed by atoms with E-state index in [-0.39, 0.29) is 22.9 Å². The highest BCUT2D eigenvalue weighted by molar-refractivity contribution is 5.75. The lowest BCUT2D eigenvalue weighted by Crippen LogP contribution is -2.04. The van der Waals surface area contributed by atoms with Gasteiger partial charge in [-0.25, -0.2) is 4.98 Å². The molecule has 0 saturated carbocycles. The molecule has 0 saturated heterocycles. The summed E-state index contributed by atoms with van der Waals surface area (Å²) in [5, 5.41) is 11.1. The molecule has 3 aromatic rings. The van der Waals surface area contributed by atoms with E-state index in [0.717, 1.165) is 30.5 Å². The van der Waals surface area contributed by atoms with Gasteiger partial charge in [0.1, 0.15) is 17.7 Å². The number of aromatic nitrogens is 2. The molecule has 3 rings (SSSR count). The predicted molar refractivity (Wildman–Crippen MR) is 92.2 cm³/mol. The molecule has 10 heteroatoms. The van der Waals surface area contributed by atoms with Gasteiger partial charge in [0.05, 0.1) is 23.2 Å². The summed E-state index contributed by atoms with van der Waals surface area (Å²) in [6.07, 6.45) is -0.590. The number of alkyl halides is 3. The molecule has 2 aromatic heterocycles. The normalized spacial score (nSPS) is 11.1. The number of nitro groups is 1. The van der Waals surface area contributed by atoms with Crippen molar-refractivity contribution in [2.45, 2.75) is 6.18 Å². The third kappa shape index (κ3) is 4.00. The first kappa shape index (κ1) is 19.1. The Hall–Kier alpha value is -3.69. The van der Waals surface area contributed by atoms with Gasteiger partial charge < -0.3 is 9.47 Å². The van der Waals surface area contributed by atoms with Gasteiger partial charge in [-0.3, -0.25) is 15.1 Å². The van der Waals surface area contributed by atoms with Gasteiger partial charge in [-0.05, 0) is 30.3 Å². The Morgan fingerprint density at radius 3 is 2.39 bits per heavy atom. The highest BCUT2D eigenvalue weighted by Gasteiger charge is 2.30. The molecule has 0 bridgehead atoms. The summed E-state index contributed by atoms with van der Waals surface area (Å²) in [6, 6.07) is 6.78. The van der Waals surface area contributed by atoms with E-state index >= 15 is 0 Å². The summed E-state index contributed by atoms with van der Waals surface area (Å²) < 4.78 is 48.9. The minimum Gasteiger partial charge on any atom is -0.496 e. The van der Waals surface area contributed by atoms with Crippen LogP contribution in [0.25, 0.3) is 11.1 Å². The number of halogens is 3. The maximum atomic E-state index is 12.7. The van der Waals surface area contributed by atoms with Crippen LogP contribution < -0.4 is 9.47 Å². The molecule has 0 spiro atoms. The van der Waals surface area contributed by atoms with E-state index in [4.69, 9.17) is 9.47 Å². The Bertz CT molecular complexity index is 1010. The number of ether oxygens (including phenoxy) is 2. The molecule has 0 atom stereocenters. The SMILES string of the molecule is COc1ccncc1-c1cc([N+](=O)[O-])cnc1Oc1ccc(C(F)(F)F)cc1. The van der Waals surface area contributed by atoms with Crippen LogP contribution in [0.5, 0.6) is 17.4 Å². The fourth-order valence-electron chi connectivity index (χ4n) is 2.40. The minimum absolute atomic E-state index is 0.0448. The molecule has 0 fully saturated rings. The molecule has 0 N–H and O–H groups in total. The van der Waals surface area contributed by atoms with Crippen LogP contribution in [0.2, 0.25) is 0 Å². The average molecular weight is 391 g/mol. The van der Waals surface area contributed by atoms with Gasteiger partial charge in [0.2, 0.25) is 5.88 Å². The Kier molecular flexibility index (Phi) is 5.12. The monoisotopic (exact) mass is 391 g/mol. The zero-order valence-corrected chi connectivity index (χ0v) is 14.3. The molecule has 1 aromatic carbocycles. The number of hydrogen-bond acceptors (Lipinski definition) is 6. The molecule has 0 unspecified atom stereocenters. The van der Waals surface area contributed by atoms with E-state index in [0.29, 0.717) is 11.3 Å². The molecule has 2 heterocycles. The van der Waals surface area contributed by atoms with Crippen molar-refractivity contribution in [1.29, 1.82) is 0 Å². The fraction of sp³-hybridized carbons (Fsp3) is 0.111. The van der Waals surface area contributed by atoms with E-state index in [9.17, 15) is 23.3 Å². The maximum Gasteiger partial charge on any atom is 0.416 e. The molecular weight excluding hydrogens is 379 g/mol. The van der Waals surface area contributed by atoms with E-state index < -0.39 is 16.7 Å². The van der Waals surface area contributed by atoms with Crippen LogP contribution in [0.15, 0.2) is 55.0 Å². The van der Waals surface area contributed by atoms with E-state index in [1.54, 1.807) is 6.07 Å². The molecule has 0 amide bonds. The first-order valence-electron chi connectivity index (χ1n) is 7.77. The summed E-state index contributed by atoms with van der Waals surface area (Å²) in [5.74, 6) is 0.407. The van der Waals surface area contributed by atoms with Crippen LogP contribution in [-0.4, -0.2) is 22.0 Å². The largest absolute Gasteiger partial charge is 0.496 e. The minimum atomic E-state index is -4.47. The van der Waals surface area contributed by atoms with Crippen molar-refractivity contribution in [1.82, 2.24) is 9.97 Å². The smallest absolute Gasteiger partial charge is 0.416 e. The lowest BCUT2D eigenvalue weighted by Gasteiger charge is -2.13. The quantitative estimate of drug-likeness (QED) is 0.455. The molecular formula is C18H12F3N3O4. The van der Waals surface area contributed by atoms with E-state index in [2.05, 4.69) is 9.97 Å². The Balaban J connectivity index is 2.04. The third-order valence-corrected chi connectivity index (χ3v) is 3.73.